The number of anilines is 6. The van der Waals surface area contributed by atoms with E-state index in [-0.39, 0.29) is 21.7 Å². The van der Waals surface area contributed by atoms with Crippen molar-refractivity contribution in [1.82, 2.24) is 0 Å². The molecule has 0 saturated heterocycles. The Balaban J connectivity index is 1.16. The number of nitrogens with zero attached hydrogens (tertiary/aromatic N) is 2. The first-order chi connectivity index (χ1) is 27.3. The van der Waals surface area contributed by atoms with Crippen molar-refractivity contribution in [2.45, 2.75) is 104 Å². The molecular weight excluding hydrogens is 836 g/mol. The van der Waals surface area contributed by atoms with E-state index < -0.39 is 0 Å². The fraction of sp³-hybridized carbons (Fsp3) is 0.296. The molecule has 2 nitrogen and oxygen atoms in total. The van der Waals surface area contributed by atoms with Crippen LogP contribution in [0.1, 0.15) is 102 Å². The van der Waals surface area contributed by atoms with Gasteiger partial charge in [-0.25, -0.2) is 0 Å². The lowest BCUT2D eigenvalue weighted by molar-refractivity contribution is 0.402. The van der Waals surface area contributed by atoms with Crippen molar-refractivity contribution >= 4 is 87.5 Å². The Morgan fingerprint density at radius 1 is 0.379 bits per heavy atom. The van der Waals surface area contributed by atoms with Gasteiger partial charge in [0.05, 0.1) is 0 Å². The zero-order valence-electron chi connectivity index (χ0n) is 35.6. The Morgan fingerprint density at radius 3 is 1.09 bits per heavy atom. The third-order valence-electron chi connectivity index (χ3n) is 13.2. The molecule has 0 N–H and O–H groups in total. The molecule has 9 rings (SSSR count). The van der Waals surface area contributed by atoms with E-state index in [0.717, 1.165) is 44.5 Å². The molecule has 4 heteroatoms. The second kappa shape index (κ2) is 13.6. The highest BCUT2D eigenvalue weighted by atomic mass is 79.9. The van der Waals surface area contributed by atoms with Gasteiger partial charge in [-0.1, -0.05) is 112 Å². The lowest BCUT2D eigenvalue weighted by Gasteiger charge is -2.29. The summed E-state index contributed by atoms with van der Waals surface area (Å²) in [7, 11) is 0. The molecule has 0 bridgehead atoms. The van der Waals surface area contributed by atoms with E-state index in [2.05, 4.69) is 232 Å². The van der Waals surface area contributed by atoms with Gasteiger partial charge in [0.15, 0.2) is 0 Å². The summed E-state index contributed by atoms with van der Waals surface area (Å²) in [5.41, 5.74) is 16.2. The van der Waals surface area contributed by atoms with Gasteiger partial charge >= 0.3 is 0 Å². The number of aryl methyl sites for hydroxylation is 2. The highest BCUT2D eigenvalue weighted by Crippen LogP contribution is 2.54. The van der Waals surface area contributed by atoms with Crippen molar-refractivity contribution in [3.63, 3.8) is 0 Å². The Hall–Kier alpha value is -4.38. The Bertz CT molecular complexity index is 2580. The van der Waals surface area contributed by atoms with E-state index in [1.807, 2.05) is 0 Å². The molecule has 7 aromatic carbocycles. The van der Waals surface area contributed by atoms with Crippen LogP contribution in [-0.4, -0.2) is 0 Å². The monoisotopic (exact) mass is 888 g/mol. The van der Waals surface area contributed by atoms with Gasteiger partial charge in [-0.05, 0) is 200 Å². The van der Waals surface area contributed by atoms with Crippen LogP contribution in [0.4, 0.5) is 34.1 Å². The fourth-order valence-electron chi connectivity index (χ4n) is 11.6. The first kappa shape index (κ1) is 39.1. The predicted molar refractivity (Wildman–Crippen MR) is 257 cm³/mol. The minimum Gasteiger partial charge on any atom is -0.310 e. The standard InChI is InChI=1S/C54H54Br2N2/c1-33-25-43(29-47-49(33)53(7,8)31-51(47,3)4)57(39-17-13-37(55)14-18-39)41-21-23-45-35(27-41)11-12-36-28-42(22-24-46(36)45)58(40-19-15-38(56)16-20-40)44-26-34(2)50-48(30-44)52(5,6)32-54(50,9)10/h11-30H,31-32H2,1-10H3. The summed E-state index contributed by atoms with van der Waals surface area (Å²) >= 11 is 7.37. The van der Waals surface area contributed by atoms with Crippen molar-refractivity contribution in [1.29, 1.82) is 0 Å². The summed E-state index contributed by atoms with van der Waals surface area (Å²) in [6.07, 6.45) is 2.29. The van der Waals surface area contributed by atoms with Crippen LogP contribution in [0.15, 0.2) is 130 Å². The average Bonchev–Trinajstić information content (AvgIpc) is 3.47. The van der Waals surface area contributed by atoms with Crippen molar-refractivity contribution in [2.24, 2.45) is 0 Å². The molecular formula is C54H54Br2N2. The maximum atomic E-state index is 3.69. The fourth-order valence-corrected chi connectivity index (χ4v) is 12.2. The zero-order valence-corrected chi connectivity index (χ0v) is 38.8. The van der Waals surface area contributed by atoms with Crippen LogP contribution in [0.3, 0.4) is 0 Å². The lowest BCUT2D eigenvalue weighted by atomic mass is 9.81. The summed E-state index contributed by atoms with van der Waals surface area (Å²) in [4.78, 5) is 4.87. The Labute approximate surface area is 362 Å². The second-order valence-corrected chi connectivity index (χ2v) is 21.6. The molecule has 0 heterocycles. The van der Waals surface area contributed by atoms with E-state index >= 15 is 0 Å². The Kier molecular flexibility index (Phi) is 9.15. The largest absolute Gasteiger partial charge is 0.310 e. The van der Waals surface area contributed by atoms with Crippen molar-refractivity contribution in [3.05, 3.63) is 164 Å². The molecule has 0 atom stereocenters. The van der Waals surface area contributed by atoms with Crippen LogP contribution >= 0.6 is 31.9 Å². The molecule has 0 amide bonds. The predicted octanol–water partition coefficient (Wildman–Crippen LogP) is 17.0. The normalized spacial score (nSPS) is 17.0. The molecule has 0 saturated carbocycles. The number of halogens is 2. The molecule has 2 aliphatic rings. The molecule has 58 heavy (non-hydrogen) atoms. The SMILES string of the molecule is Cc1cc(N(c2ccc(Br)cc2)c2ccc3c(ccc4cc(N(c5ccc(Br)cc5)c5cc(C)c6c(c5)C(C)(C)CC6(C)C)ccc43)c2)cc2c1C(C)(C)CC2(C)C. The molecule has 7 aromatic rings. The second-order valence-electron chi connectivity index (χ2n) is 19.8. The summed E-state index contributed by atoms with van der Waals surface area (Å²) in [6.45, 7) is 23.9. The lowest BCUT2D eigenvalue weighted by Crippen LogP contribution is -2.18. The first-order valence-corrected chi connectivity index (χ1v) is 22.3. The molecule has 0 aliphatic heterocycles. The van der Waals surface area contributed by atoms with Gasteiger partial charge in [0, 0.05) is 43.1 Å². The van der Waals surface area contributed by atoms with Crippen LogP contribution in [0.2, 0.25) is 0 Å². The zero-order chi connectivity index (χ0) is 41.1. The van der Waals surface area contributed by atoms with E-state index in [1.165, 1.54) is 66.3 Å². The van der Waals surface area contributed by atoms with Crippen LogP contribution in [0, 0.1) is 13.8 Å². The van der Waals surface area contributed by atoms with Crippen LogP contribution in [-0.2, 0) is 21.7 Å². The third kappa shape index (κ3) is 6.50. The molecule has 0 aromatic heterocycles. The van der Waals surface area contributed by atoms with E-state index in [1.54, 1.807) is 0 Å². The first-order valence-electron chi connectivity index (χ1n) is 20.7. The number of hydrogen-bond acceptors (Lipinski definition) is 2. The minimum absolute atomic E-state index is 0.103. The van der Waals surface area contributed by atoms with Crippen molar-refractivity contribution in [3.8, 4) is 0 Å². The number of hydrogen-bond donors (Lipinski definition) is 0. The highest BCUT2D eigenvalue weighted by Gasteiger charge is 2.44. The van der Waals surface area contributed by atoms with Crippen LogP contribution in [0.25, 0.3) is 21.5 Å². The van der Waals surface area contributed by atoms with Crippen molar-refractivity contribution in [2.75, 3.05) is 9.80 Å². The summed E-state index contributed by atoms with van der Waals surface area (Å²) in [6, 6.07) is 45.8. The molecule has 0 fully saturated rings. The third-order valence-corrected chi connectivity index (χ3v) is 14.3. The summed E-state index contributed by atoms with van der Waals surface area (Å²) < 4.78 is 2.15. The average molecular weight is 891 g/mol. The Morgan fingerprint density at radius 2 is 0.724 bits per heavy atom. The van der Waals surface area contributed by atoms with Gasteiger partial charge in [0.1, 0.15) is 0 Å². The quantitative estimate of drug-likeness (QED) is 0.154. The smallest absolute Gasteiger partial charge is 0.0468 e. The van der Waals surface area contributed by atoms with Gasteiger partial charge in [0.2, 0.25) is 0 Å². The molecule has 0 radical (unpaired) electrons. The molecule has 2 aliphatic carbocycles. The molecule has 0 unspecified atom stereocenters. The molecule has 294 valence electrons. The van der Waals surface area contributed by atoms with E-state index in [0.29, 0.717) is 0 Å². The van der Waals surface area contributed by atoms with Crippen LogP contribution in [0.5, 0.6) is 0 Å². The molecule has 0 spiro atoms. The topological polar surface area (TPSA) is 6.48 Å². The maximum Gasteiger partial charge on any atom is 0.0468 e. The van der Waals surface area contributed by atoms with Crippen molar-refractivity contribution < 1.29 is 0 Å². The van der Waals surface area contributed by atoms with Gasteiger partial charge in [-0.15, -0.1) is 0 Å². The highest BCUT2D eigenvalue weighted by molar-refractivity contribution is 9.10. The summed E-state index contributed by atoms with van der Waals surface area (Å²) in [5.74, 6) is 0. The van der Waals surface area contributed by atoms with E-state index in [9.17, 15) is 0 Å². The van der Waals surface area contributed by atoms with Gasteiger partial charge < -0.3 is 9.80 Å². The number of benzene rings is 7. The van der Waals surface area contributed by atoms with Gasteiger partial charge in [0.25, 0.3) is 0 Å². The van der Waals surface area contributed by atoms with E-state index in [4.69, 9.17) is 0 Å². The van der Waals surface area contributed by atoms with Gasteiger partial charge in [-0.3, -0.25) is 0 Å². The maximum absolute atomic E-state index is 3.69. The summed E-state index contributed by atoms with van der Waals surface area (Å²) in [5, 5.41) is 4.96. The minimum atomic E-state index is 0.103. The number of fused-ring (bicyclic) bond motifs is 5. The van der Waals surface area contributed by atoms with Gasteiger partial charge in [-0.2, -0.15) is 0 Å². The number of rotatable bonds is 6. The van der Waals surface area contributed by atoms with Crippen LogP contribution < -0.4 is 9.80 Å².